The Morgan fingerprint density at radius 1 is 1.46 bits per heavy atom. The maximum absolute atomic E-state index is 12.7. The summed E-state index contributed by atoms with van der Waals surface area (Å²) in [6, 6.07) is 0. The number of piperidine rings is 1. The molecule has 1 atom stereocenters. The number of halogens is 3. The van der Waals surface area contributed by atoms with E-state index < -0.39 is 23.8 Å². The highest BCUT2D eigenvalue weighted by Crippen LogP contribution is 2.30. The molecule has 1 amide bonds. The molecule has 1 saturated heterocycles. The number of hydrogen-bond donors (Lipinski definition) is 1. The Kier molecular flexibility index (Phi) is 5.84. The van der Waals surface area contributed by atoms with Gasteiger partial charge in [-0.2, -0.15) is 18.3 Å². The van der Waals surface area contributed by atoms with Crippen molar-refractivity contribution in [1.29, 1.82) is 0 Å². The number of hydrogen-bond acceptors (Lipinski definition) is 4. The van der Waals surface area contributed by atoms with Gasteiger partial charge >= 0.3 is 12.1 Å². The van der Waals surface area contributed by atoms with E-state index in [0.29, 0.717) is 32.4 Å². The monoisotopic (exact) mass is 347 g/mol. The Hall–Kier alpha value is -2.06. The minimum atomic E-state index is -4.51. The van der Waals surface area contributed by atoms with Crippen LogP contribution in [-0.2, 0) is 26.9 Å². The number of alkyl halides is 3. The van der Waals surface area contributed by atoms with Crippen LogP contribution < -0.4 is 0 Å². The predicted octanol–water partition coefficient (Wildman–Crippen LogP) is 2.16. The van der Waals surface area contributed by atoms with Gasteiger partial charge in [-0.25, -0.2) is 0 Å². The number of amides is 1. The number of carbonyl (C=O) groups excluding carboxylic acids is 2. The number of aromatic nitrogens is 2. The standard InChI is InChI=1S/C15H20F3N3O3/c1-2-12(22)21-6-3-4-11(9-21)14(23)24-7-5-10-8-19-20-13(10)15(16,17)18/h8,11H,2-7,9H2,1H3,(H,19,20)/t11-/m0/s1. The molecule has 1 aliphatic rings. The number of esters is 1. The van der Waals surface area contributed by atoms with Gasteiger partial charge in [0.2, 0.25) is 5.91 Å². The summed E-state index contributed by atoms with van der Waals surface area (Å²) in [6.07, 6.45) is -1.79. The van der Waals surface area contributed by atoms with Gasteiger partial charge in [-0.1, -0.05) is 6.92 Å². The summed E-state index contributed by atoms with van der Waals surface area (Å²) < 4.78 is 43.2. The highest BCUT2D eigenvalue weighted by Gasteiger charge is 2.35. The quantitative estimate of drug-likeness (QED) is 0.829. The van der Waals surface area contributed by atoms with Gasteiger partial charge in [-0.3, -0.25) is 14.7 Å². The summed E-state index contributed by atoms with van der Waals surface area (Å²) in [7, 11) is 0. The third-order valence-corrected chi connectivity index (χ3v) is 4.03. The first-order valence-corrected chi connectivity index (χ1v) is 7.86. The third kappa shape index (κ3) is 4.48. The zero-order valence-corrected chi connectivity index (χ0v) is 13.4. The molecule has 0 radical (unpaired) electrons. The van der Waals surface area contributed by atoms with E-state index in [-0.39, 0.29) is 24.5 Å². The molecule has 2 rings (SSSR count). The molecule has 0 spiro atoms. The van der Waals surface area contributed by atoms with Gasteiger partial charge in [-0.05, 0) is 12.8 Å². The van der Waals surface area contributed by atoms with Crippen LogP contribution in [0, 0.1) is 5.92 Å². The third-order valence-electron chi connectivity index (χ3n) is 4.03. The number of rotatable bonds is 5. The van der Waals surface area contributed by atoms with E-state index in [1.54, 1.807) is 11.8 Å². The lowest BCUT2D eigenvalue weighted by Gasteiger charge is -2.31. The van der Waals surface area contributed by atoms with Crippen molar-refractivity contribution >= 4 is 11.9 Å². The second-order valence-electron chi connectivity index (χ2n) is 5.72. The first kappa shape index (κ1) is 18.3. The SMILES string of the molecule is CCC(=O)N1CCC[C@H](C(=O)OCCc2cn[nH]c2C(F)(F)F)C1. The number of aromatic amines is 1. The number of carbonyl (C=O) groups is 2. The van der Waals surface area contributed by atoms with E-state index in [4.69, 9.17) is 4.74 Å². The van der Waals surface area contributed by atoms with E-state index in [1.165, 1.54) is 0 Å². The predicted molar refractivity (Wildman–Crippen MR) is 77.8 cm³/mol. The van der Waals surface area contributed by atoms with Crippen molar-refractivity contribution in [3.63, 3.8) is 0 Å². The minimum Gasteiger partial charge on any atom is -0.465 e. The molecular weight excluding hydrogens is 327 g/mol. The number of nitrogens with one attached hydrogen (secondary N) is 1. The molecule has 1 fully saturated rings. The van der Waals surface area contributed by atoms with Crippen LogP contribution in [0.5, 0.6) is 0 Å². The van der Waals surface area contributed by atoms with E-state index in [9.17, 15) is 22.8 Å². The topological polar surface area (TPSA) is 75.3 Å². The minimum absolute atomic E-state index is 0.0132. The van der Waals surface area contributed by atoms with Gasteiger partial charge in [0.25, 0.3) is 0 Å². The Bertz CT molecular complexity index is 586. The van der Waals surface area contributed by atoms with Crippen molar-refractivity contribution in [2.45, 2.75) is 38.8 Å². The molecule has 134 valence electrons. The lowest BCUT2D eigenvalue weighted by atomic mass is 9.98. The molecule has 1 aromatic rings. The van der Waals surface area contributed by atoms with Crippen LogP contribution in [0.3, 0.4) is 0 Å². The number of ether oxygens (including phenoxy) is 1. The lowest BCUT2D eigenvalue weighted by molar-refractivity contribution is -0.151. The highest BCUT2D eigenvalue weighted by atomic mass is 19.4. The van der Waals surface area contributed by atoms with Crippen molar-refractivity contribution in [2.24, 2.45) is 5.92 Å². The first-order valence-electron chi connectivity index (χ1n) is 7.86. The van der Waals surface area contributed by atoms with Crippen molar-refractivity contribution in [3.05, 3.63) is 17.5 Å². The smallest absolute Gasteiger partial charge is 0.433 e. The summed E-state index contributed by atoms with van der Waals surface area (Å²) >= 11 is 0. The fourth-order valence-electron chi connectivity index (χ4n) is 2.75. The van der Waals surface area contributed by atoms with Crippen molar-refractivity contribution in [3.8, 4) is 0 Å². The Morgan fingerprint density at radius 2 is 2.21 bits per heavy atom. The molecular formula is C15H20F3N3O3. The maximum Gasteiger partial charge on any atom is 0.433 e. The molecule has 1 aromatic heterocycles. The normalized spacial score (nSPS) is 18.5. The van der Waals surface area contributed by atoms with Crippen LogP contribution in [-0.4, -0.2) is 46.7 Å². The van der Waals surface area contributed by atoms with Gasteiger partial charge in [-0.15, -0.1) is 0 Å². The Morgan fingerprint density at radius 3 is 2.88 bits per heavy atom. The summed E-state index contributed by atoms with van der Waals surface area (Å²) in [4.78, 5) is 25.4. The maximum atomic E-state index is 12.7. The van der Waals surface area contributed by atoms with Gasteiger partial charge in [0.15, 0.2) is 0 Å². The summed E-state index contributed by atoms with van der Waals surface area (Å²) in [6.45, 7) is 2.54. The number of likely N-dealkylation sites (tertiary alicyclic amines) is 1. The van der Waals surface area contributed by atoms with Crippen molar-refractivity contribution < 1.29 is 27.5 Å². The summed E-state index contributed by atoms with van der Waals surface area (Å²) in [5.74, 6) is -0.901. The van der Waals surface area contributed by atoms with E-state index in [0.717, 1.165) is 6.20 Å². The van der Waals surface area contributed by atoms with Gasteiger partial charge in [0, 0.05) is 31.5 Å². The van der Waals surface area contributed by atoms with Gasteiger partial charge in [0.1, 0.15) is 5.69 Å². The summed E-state index contributed by atoms with van der Waals surface area (Å²) in [5, 5.41) is 5.30. The molecule has 0 aromatic carbocycles. The lowest BCUT2D eigenvalue weighted by Crippen LogP contribution is -2.42. The Balaban J connectivity index is 1.83. The second kappa shape index (κ2) is 7.67. The van der Waals surface area contributed by atoms with Crippen molar-refractivity contribution in [2.75, 3.05) is 19.7 Å². The van der Waals surface area contributed by atoms with Crippen LogP contribution in [0.2, 0.25) is 0 Å². The molecule has 1 N–H and O–H groups in total. The highest BCUT2D eigenvalue weighted by molar-refractivity contribution is 5.78. The molecule has 24 heavy (non-hydrogen) atoms. The largest absolute Gasteiger partial charge is 0.465 e. The Labute approximate surface area is 137 Å². The second-order valence-corrected chi connectivity index (χ2v) is 5.72. The molecule has 0 aliphatic carbocycles. The average Bonchev–Trinajstić information content (AvgIpc) is 3.03. The van der Waals surface area contributed by atoms with Crippen LogP contribution in [0.25, 0.3) is 0 Å². The fraction of sp³-hybridized carbons (Fsp3) is 0.667. The van der Waals surface area contributed by atoms with E-state index in [1.807, 2.05) is 5.10 Å². The van der Waals surface area contributed by atoms with Gasteiger partial charge < -0.3 is 9.64 Å². The zero-order valence-electron chi connectivity index (χ0n) is 13.4. The van der Waals surface area contributed by atoms with Crippen LogP contribution in [0.1, 0.15) is 37.4 Å². The average molecular weight is 347 g/mol. The zero-order chi connectivity index (χ0) is 17.7. The fourth-order valence-corrected chi connectivity index (χ4v) is 2.75. The molecule has 0 saturated carbocycles. The molecule has 2 heterocycles. The number of nitrogens with zero attached hydrogens (tertiary/aromatic N) is 2. The number of H-pyrrole nitrogens is 1. The van der Waals surface area contributed by atoms with Crippen LogP contribution >= 0.6 is 0 Å². The van der Waals surface area contributed by atoms with E-state index in [2.05, 4.69) is 5.10 Å². The summed E-state index contributed by atoms with van der Waals surface area (Å²) in [5.41, 5.74) is -0.960. The van der Waals surface area contributed by atoms with Crippen molar-refractivity contribution in [1.82, 2.24) is 15.1 Å². The first-order chi connectivity index (χ1) is 11.3. The molecule has 6 nitrogen and oxygen atoms in total. The van der Waals surface area contributed by atoms with Crippen LogP contribution in [0.15, 0.2) is 6.20 Å². The molecule has 0 unspecified atom stereocenters. The molecule has 0 bridgehead atoms. The molecule has 1 aliphatic heterocycles. The van der Waals surface area contributed by atoms with E-state index >= 15 is 0 Å². The van der Waals surface area contributed by atoms with Gasteiger partial charge in [0.05, 0.1) is 18.7 Å². The van der Waals surface area contributed by atoms with Crippen LogP contribution in [0.4, 0.5) is 13.2 Å². The molecule has 9 heteroatoms.